The van der Waals surface area contributed by atoms with Gasteiger partial charge in [-0.25, -0.2) is 0 Å². The van der Waals surface area contributed by atoms with Gasteiger partial charge >= 0.3 is 0 Å². The van der Waals surface area contributed by atoms with E-state index < -0.39 is 0 Å². The summed E-state index contributed by atoms with van der Waals surface area (Å²) in [5.74, 6) is 1.06. The van der Waals surface area contributed by atoms with Crippen LogP contribution in [0.1, 0.15) is 18.1 Å². The highest BCUT2D eigenvalue weighted by molar-refractivity contribution is 5.41. The van der Waals surface area contributed by atoms with Crippen LogP contribution in [0.5, 0.6) is 5.75 Å². The lowest BCUT2D eigenvalue weighted by atomic mass is 10.1. The van der Waals surface area contributed by atoms with Gasteiger partial charge in [0.15, 0.2) is 0 Å². The molecular weight excluding hydrogens is 238 g/mol. The van der Waals surface area contributed by atoms with E-state index in [1.54, 1.807) is 0 Å². The van der Waals surface area contributed by atoms with E-state index in [0.29, 0.717) is 0 Å². The zero-order valence-corrected chi connectivity index (χ0v) is 11.2. The number of nitrogens with one attached hydrogen (secondary N) is 1. The van der Waals surface area contributed by atoms with Gasteiger partial charge in [0.25, 0.3) is 0 Å². The van der Waals surface area contributed by atoms with Crippen molar-refractivity contribution in [1.29, 1.82) is 0 Å². The number of fused-ring (bicyclic) bond motifs is 1. The van der Waals surface area contributed by atoms with Crippen molar-refractivity contribution < 1.29 is 4.74 Å². The van der Waals surface area contributed by atoms with E-state index in [1.165, 1.54) is 11.1 Å². The Balaban J connectivity index is 1.54. The Kier molecular flexibility index (Phi) is 3.40. The van der Waals surface area contributed by atoms with Crippen molar-refractivity contribution in [2.75, 3.05) is 18.5 Å². The second-order valence-corrected chi connectivity index (χ2v) is 4.80. The van der Waals surface area contributed by atoms with Gasteiger partial charge in [0, 0.05) is 25.7 Å². The summed E-state index contributed by atoms with van der Waals surface area (Å²) in [7, 11) is 0. The van der Waals surface area contributed by atoms with E-state index in [9.17, 15) is 0 Å². The molecule has 3 rings (SSSR count). The van der Waals surface area contributed by atoms with Gasteiger partial charge in [-0.2, -0.15) is 5.10 Å². The fourth-order valence-electron chi connectivity index (χ4n) is 2.37. The molecule has 1 aromatic carbocycles. The molecule has 0 unspecified atom stereocenters. The standard InChI is InChI=1S/C15H19N3O/c1-2-18-11-14(10-17-18)16-7-5-12-3-4-15-13(9-12)6-8-19-15/h3-4,9-11,16H,2,5-8H2,1H3. The Morgan fingerprint density at radius 1 is 1.42 bits per heavy atom. The minimum Gasteiger partial charge on any atom is -0.493 e. The van der Waals surface area contributed by atoms with Crippen LogP contribution >= 0.6 is 0 Å². The molecule has 0 radical (unpaired) electrons. The fraction of sp³-hybridized carbons (Fsp3) is 0.400. The zero-order valence-electron chi connectivity index (χ0n) is 11.2. The van der Waals surface area contributed by atoms with Gasteiger partial charge in [-0.3, -0.25) is 4.68 Å². The van der Waals surface area contributed by atoms with Gasteiger partial charge < -0.3 is 10.1 Å². The Bertz CT molecular complexity index is 562. The van der Waals surface area contributed by atoms with Gasteiger partial charge in [0.05, 0.1) is 18.5 Å². The average molecular weight is 257 g/mol. The molecule has 0 aliphatic carbocycles. The summed E-state index contributed by atoms with van der Waals surface area (Å²) in [6.45, 7) is 4.75. The number of nitrogens with zero attached hydrogens (tertiary/aromatic N) is 2. The lowest BCUT2D eigenvalue weighted by Crippen LogP contribution is -2.04. The van der Waals surface area contributed by atoms with Crippen molar-refractivity contribution in [3.05, 3.63) is 41.7 Å². The molecular formula is C15H19N3O. The first-order valence-electron chi connectivity index (χ1n) is 6.86. The van der Waals surface area contributed by atoms with Crippen LogP contribution in [-0.2, 0) is 19.4 Å². The maximum atomic E-state index is 5.52. The maximum absolute atomic E-state index is 5.52. The molecule has 0 amide bonds. The highest BCUT2D eigenvalue weighted by Crippen LogP contribution is 2.25. The Labute approximate surface area is 113 Å². The van der Waals surface area contributed by atoms with Gasteiger partial charge in [-0.1, -0.05) is 12.1 Å². The quantitative estimate of drug-likeness (QED) is 0.894. The molecule has 0 saturated heterocycles. The number of hydrogen-bond acceptors (Lipinski definition) is 3. The second kappa shape index (κ2) is 5.34. The number of aryl methyl sites for hydroxylation is 1. The van der Waals surface area contributed by atoms with Crippen molar-refractivity contribution in [3.63, 3.8) is 0 Å². The van der Waals surface area contributed by atoms with Crippen LogP contribution in [0.25, 0.3) is 0 Å². The van der Waals surface area contributed by atoms with E-state index in [-0.39, 0.29) is 0 Å². The smallest absolute Gasteiger partial charge is 0.122 e. The van der Waals surface area contributed by atoms with Crippen LogP contribution in [0, 0.1) is 0 Å². The molecule has 19 heavy (non-hydrogen) atoms. The third-order valence-electron chi connectivity index (χ3n) is 3.45. The predicted molar refractivity (Wildman–Crippen MR) is 75.7 cm³/mol. The van der Waals surface area contributed by atoms with Gasteiger partial charge in [0.1, 0.15) is 5.75 Å². The molecule has 100 valence electrons. The Morgan fingerprint density at radius 3 is 3.21 bits per heavy atom. The predicted octanol–water partition coefficient (Wildman–Crippen LogP) is 2.49. The number of hydrogen-bond donors (Lipinski definition) is 1. The van der Waals surface area contributed by atoms with E-state index in [1.807, 2.05) is 17.1 Å². The molecule has 0 atom stereocenters. The van der Waals surface area contributed by atoms with Crippen LogP contribution in [0.2, 0.25) is 0 Å². The first kappa shape index (κ1) is 12.1. The summed E-state index contributed by atoms with van der Waals surface area (Å²) in [5.41, 5.74) is 3.79. The molecule has 0 fully saturated rings. The Morgan fingerprint density at radius 2 is 2.37 bits per heavy atom. The first-order valence-corrected chi connectivity index (χ1v) is 6.86. The number of benzene rings is 1. The molecule has 1 aromatic heterocycles. The molecule has 1 N–H and O–H groups in total. The summed E-state index contributed by atoms with van der Waals surface area (Å²) in [6, 6.07) is 6.51. The van der Waals surface area contributed by atoms with Gasteiger partial charge in [0.2, 0.25) is 0 Å². The molecule has 2 heterocycles. The maximum Gasteiger partial charge on any atom is 0.122 e. The van der Waals surface area contributed by atoms with Crippen molar-refractivity contribution in [2.45, 2.75) is 26.3 Å². The zero-order chi connectivity index (χ0) is 13.1. The molecule has 4 nitrogen and oxygen atoms in total. The second-order valence-electron chi connectivity index (χ2n) is 4.80. The topological polar surface area (TPSA) is 39.1 Å². The van der Waals surface area contributed by atoms with E-state index in [4.69, 9.17) is 4.74 Å². The first-order chi connectivity index (χ1) is 9.35. The third-order valence-corrected chi connectivity index (χ3v) is 3.45. The normalized spacial score (nSPS) is 13.1. The van der Waals surface area contributed by atoms with Crippen molar-refractivity contribution in [3.8, 4) is 5.75 Å². The minimum atomic E-state index is 0.827. The van der Waals surface area contributed by atoms with Gasteiger partial charge in [-0.15, -0.1) is 0 Å². The largest absolute Gasteiger partial charge is 0.493 e. The molecule has 1 aliphatic rings. The van der Waals surface area contributed by atoms with Gasteiger partial charge in [-0.05, 0) is 30.5 Å². The van der Waals surface area contributed by atoms with Crippen LogP contribution < -0.4 is 10.1 Å². The molecule has 4 heteroatoms. The number of rotatable bonds is 5. The highest BCUT2D eigenvalue weighted by atomic mass is 16.5. The van der Waals surface area contributed by atoms with E-state index in [2.05, 4.69) is 35.5 Å². The molecule has 2 aromatic rings. The van der Waals surface area contributed by atoms with Crippen molar-refractivity contribution in [1.82, 2.24) is 9.78 Å². The molecule has 1 aliphatic heterocycles. The fourth-order valence-corrected chi connectivity index (χ4v) is 2.37. The van der Waals surface area contributed by atoms with Crippen LogP contribution in [0.4, 0.5) is 5.69 Å². The summed E-state index contributed by atoms with van der Waals surface area (Å²) in [4.78, 5) is 0. The van der Waals surface area contributed by atoms with Crippen molar-refractivity contribution >= 4 is 5.69 Å². The molecule has 0 bridgehead atoms. The average Bonchev–Trinajstić information content (AvgIpc) is 3.06. The van der Waals surface area contributed by atoms with Crippen molar-refractivity contribution in [2.24, 2.45) is 0 Å². The summed E-state index contributed by atoms with van der Waals surface area (Å²) in [5, 5.41) is 7.65. The summed E-state index contributed by atoms with van der Waals surface area (Å²) >= 11 is 0. The Hall–Kier alpha value is -1.97. The number of aromatic nitrogens is 2. The molecule has 0 saturated carbocycles. The monoisotopic (exact) mass is 257 g/mol. The van der Waals surface area contributed by atoms with E-state index >= 15 is 0 Å². The minimum absolute atomic E-state index is 0.827. The number of ether oxygens (including phenoxy) is 1. The number of anilines is 1. The lowest BCUT2D eigenvalue weighted by molar-refractivity contribution is 0.357. The van der Waals surface area contributed by atoms with Crippen LogP contribution in [0.15, 0.2) is 30.6 Å². The third kappa shape index (κ3) is 2.72. The van der Waals surface area contributed by atoms with E-state index in [0.717, 1.165) is 44.0 Å². The van der Waals surface area contributed by atoms with Crippen LogP contribution in [0.3, 0.4) is 0 Å². The molecule has 0 spiro atoms. The van der Waals surface area contributed by atoms with Crippen LogP contribution in [-0.4, -0.2) is 22.9 Å². The lowest BCUT2D eigenvalue weighted by Gasteiger charge is -2.05. The highest BCUT2D eigenvalue weighted by Gasteiger charge is 2.11. The SMILES string of the molecule is CCn1cc(NCCc2ccc3c(c2)CCO3)cn1. The summed E-state index contributed by atoms with van der Waals surface area (Å²) < 4.78 is 7.44. The summed E-state index contributed by atoms with van der Waals surface area (Å²) in [6.07, 6.45) is 5.97.